The second kappa shape index (κ2) is 2.58. The highest BCUT2D eigenvalue weighted by Crippen LogP contribution is 2.24. The van der Waals surface area contributed by atoms with E-state index in [0.717, 1.165) is 10.2 Å². The van der Waals surface area contributed by atoms with Crippen LogP contribution < -0.4 is 5.73 Å². The Hall–Kier alpha value is -1.82. The molecule has 3 rings (SSSR count). The highest BCUT2D eigenvalue weighted by Gasteiger charge is 2.05. The van der Waals surface area contributed by atoms with Crippen molar-refractivity contribution in [2.75, 3.05) is 5.73 Å². The lowest BCUT2D eigenvalue weighted by Gasteiger charge is -1.92. The van der Waals surface area contributed by atoms with E-state index in [2.05, 4.69) is 19.9 Å². The van der Waals surface area contributed by atoms with Crippen LogP contribution in [0.1, 0.15) is 0 Å². The van der Waals surface area contributed by atoms with E-state index in [1.807, 2.05) is 6.07 Å². The Balaban J connectivity index is 2.51. The summed E-state index contributed by atoms with van der Waals surface area (Å²) in [6.45, 7) is 0. The highest BCUT2D eigenvalue weighted by molar-refractivity contribution is 7.22. The average molecular weight is 203 g/mol. The number of rotatable bonds is 0. The maximum atomic E-state index is 5.58. The van der Waals surface area contributed by atoms with Crippen molar-refractivity contribution in [2.45, 2.75) is 0 Å². The molecule has 0 bridgehead atoms. The highest BCUT2D eigenvalue weighted by atomic mass is 32.1. The maximum absolute atomic E-state index is 5.58. The van der Waals surface area contributed by atoms with Crippen molar-refractivity contribution >= 4 is 38.0 Å². The van der Waals surface area contributed by atoms with Crippen LogP contribution in [0.2, 0.25) is 0 Å². The van der Waals surface area contributed by atoms with Crippen molar-refractivity contribution in [3.63, 3.8) is 0 Å². The van der Waals surface area contributed by atoms with Crippen LogP contribution in [0.4, 0.5) is 5.13 Å². The second-order valence-electron chi connectivity index (χ2n) is 2.76. The summed E-state index contributed by atoms with van der Waals surface area (Å²) in [5.74, 6) is 0. The van der Waals surface area contributed by atoms with Gasteiger partial charge in [0.1, 0.15) is 5.52 Å². The van der Waals surface area contributed by atoms with Crippen LogP contribution in [0, 0.1) is 0 Å². The first-order valence-electron chi connectivity index (χ1n) is 3.97. The van der Waals surface area contributed by atoms with Gasteiger partial charge in [-0.05, 0) is 6.07 Å². The molecule has 3 aromatic rings. The third kappa shape index (κ3) is 1.01. The van der Waals surface area contributed by atoms with Gasteiger partial charge in [0.05, 0.1) is 4.70 Å². The van der Waals surface area contributed by atoms with Crippen LogP contribution in [0.5, 0.6) is 0 Å². The van der Waals surface area contributed by atoms with Gasteiger partial charge in [-0.15, -0.1) is 0 Å². The first kappa shape index (κ1) is 7.57. The van der Waals surface area contributed by atoms with Crippen LogP contribution in [-0.2, 0) is 0 Å². The Morgan fingerprint density at radius 3 is 2.86 bits per heavy atom. The minimum atomic E-state index is 0.516. The van der Waals surface area contributed by atoms with Crippen molar-refractivity contribution in [3.05, 3.63) is 18.5 Å². The zero-order chi connectivity index (χ0) is 9.54. The normalized spacial score (nSPS) is 11.1. The van der Waals surface area contributed by atoms with Crippen LogP contribution in [-0.4, -0.2) is 19.9 Å². The zero-order valence-corrected chi connectivity index (χ0v) is 7.82. The average Bonchev–Trinajstić information content (AvgIpc) is 2.53. The Bertz CT molecular complexity index is 565. The van der Waals surface area contributed by atoms with E-state index in [-0.39, 0.29) is 0 Å². The van der Waals surface area contributed by atoms with Crippen LogP contribution in [0.15, 0.2) is 18.5 Å². The van der Waals surface area contributed by atoms with Gasteiger partial charge in [-0.1, -0.05) is 11.3 Å². The van der Waals surface area contributed by atoms with E-state index in [1.165, 1.54) is 11.3 Å². The van der Waals surface area contributed by atoms with E-state index in [9.17, 15) is 0 Å². The van der Waals surface area contributed by atoms with Gasteiger partial charge in [0, 0.05) is 12.4 Å². The Morgan fingerprint density at radius 1 is 1.07 bits per heavy atom. The largest absolute Gasteiger partial charge is 0.375 e. The Morgan fingerprint density at radius 2 is 1.93 bits per heavy atom. The third-order valence-corrected chi connectivity index (χ3v) is 2.66. The summed E-state index contributed by atoms with van der Waals surface area (Å²) < 4.78 is 0.940. The van der Waals surface area contributed by atoms with Gasteiger partial charge in [-0.25, -0.2) is 15.0 Å². The summed E-state index contributed by atoms with van der Waals surface area (Å²) >= 11 is 1.40. The topological polar surface area (TPSA) is 77.6 Å². The van der Waals surface area contributed by atoms with Gasteiger partial charge in [-0.2, -0.15) is 0 Å². The molecule has 0 spiro atoms. The van der Waals surface area contributed by atoms with Crippen molar-refractivity contribution in [3.8, 4) is 0 Å². The van der Waals surface area contributed by atoms with E-state index in [4.69, 9.17) is 5.73 Å². The fourth-order valence-electron chi connectivity index (χ4n) is 1.27. The molecule has 14 heavy (non-hydrogen) atoms. The fraction of sp³-hybridized carbons (Fsp3) is 0. The van der Waals surface area contributed by atoms with E-state index >= 15 is 0 Å². The number of hydrogen-bond acceptors (Lipinski definition) is 6. The van der Waals surface area contributed by atoms with Gasteiger partial charge in [0.25, 0.3) is 0 Å². The Kier molecular flexibility index (Phi) is 1.40. The minimum absolute atomic E-state index is 0.516. The van der Waals surface area contributed by atoms with Crippen LogP contribution in [0.25, 0.3) is 21.5 Å². The molecule has 0 saturated heterocycles. The van der Waals surface area contributed by atoms with E-state index in [0.29, 0.717) is 16.4 Å². The SMILES string of the molecule is Nc1nc2nc3nccnc3cc2s1. The number of pyridine rings is 1. The van der Waals surface area contributed by atoms with Gasteiger partial charge in [-0.3, -0.25) is 4.98 Å². The standard InChI is InChI=1S/C8H5N5S/c9-8-13-7-5(14-8)3-4-6(12-7)11-2-1-10-4/h1-3H,(H2,9,11,12,13). The van der Waals surface area contributed by atoms with Gasteiger partial charge in [0.15, 0.2) is 16.4 Å². The third-order valence-electron chi connectivity index (χ3n) is 1.84. The van der Waals surface area contributed by atoms with Gasteiger partial charge in [0.2, 0.25) is 0 Å². The molecule has 0 amide bonds. The molecule has 0 aliphatic carbocycles. The smallest absolute Gasteiger partial charge is 0.182 e. The molecular weight excluding hydrogens is 198 g/mol. The summed E-state index contributed by atoms with van der Waals surface area (Å²) in [6.07, 6.45) is 3.25. The van der Waals surface area contributed by atoms with Crippen LogP contribution in [0.3, 0.4) is 0 Å². The first-order valence-corrected chi connectivity index (χ1v) is 4.78. The lowest BCUT2D eigenvalue weighted by molar-refractivity contribution is 1.23. The fourth-order valence-corrected chi connectivity index (χ4v) is 1.98. The van der Waals surface area contributed by atoms with Crippen molar-refractivity contribution in [1.29, 1.82) is 0 Å². The molecule has 68 valence electrons. The quantitative estimate of drug-likeness (QED) is 0.594. The predicted molar refractivity (Wildman–Crippen MR) is 54.9 cm³/mol. The molecule has 0 aromatic carbocycles. The number of aromatic nitrogens is 4. The molecule has 0 radical (unpaired) electrons. The molecule has 3 aromatic heterocycles. The number of nitrogens with zero attached hydrogens (tertiary/aromatic N) is 4. The summed E-state index contributed by atoms with van der Waals surface area (Å²) in [4.78, 5) is 16.6. The summed E-state index contributed by atoms with van der Waals surface area (Å²) in [6, 6.07) is 1.90. The number of thiazole rings is 1. The van der Waals surface area contributed by atoms with Crippen molar-refractivity contribution < 1.29 is 0 Å². The predicted octanol–water partition coefficient (Wildman–Crippen LogP) is 1.22. The second-order valence-corrected chi connectivity index (χ2v) is 3.82. The lowest BCUT2D eigenvalue weighted by atomic mass is 10.4. The summed E-state index contributed by atoms with van der Waals surface area (Å²) in [5.41, 5.74) is 7.59. The molecule has 0 fully saturated rings. The van der Waals surface area contributed by atoms with Crippen molar-refractivity contribution in [1.82, 2.24) is 19.9 Å². The summed E-state index contributed by atoms with van der Waals surface area (Å²) in [7, 11) is 0. The number of nitrogen functional groups attached to an aromatic ring is 1. The maximum Gasteiger partial charge on any atom is 0.182 e. The molecule has 0 aliphatic heterocycles. The molecular formula is C8H5N5S. The molecule has 0 aliphatic rings. The lowest BCUT2D eigenvalue weighted by Crippen LogP contribution is -1.86. The molecule has 0 saturated carbocycles. The number of fused-ring (bicyclic) bond motifs is 2. The number of anilines is 1. The molecule has 2 N–H and O–H groups in total. The minimum Gasteiger partial charge on any atom is -0.375 e. The Labute approximate surface area is 82.7 Å². The molecule has 0 atom stereocenters. The molecule has 6 heteroatoms. The molecule has 5 nitrogen and oxygen atoms in total. The van der Waals surface area contributed by atoms with Gasteiger partial charge < -0.3 is 5.73 Å². The first-order chi connectivity index (χ1) is 6.83. The molecule has 3 heterocycles. The monoisotopic (exact) mass is 203 g/mol. The van der Waals surface area contributed by atoms with Gasteiger partial charge >= 0.3 is 0 Å². The van der Waals surface area contributed by atoms with Crippen LogP contribution >= 0.6 is 11.3 Å². The summed E-state index contributed by atoms with van der Waals surface area (Å²) in [5, 5.41) is 0.516. The molecule has 0 unspecified atom stereocenters. The zero-order valence-electron chi connectivity index (χ0n) is 7.01. The number of hydrogen-bond donors (Lipinski definition) is 1. The van der Waals surface area contributed by atoms with E-state index < -0.39 is 0 Å². The van der Waals surface area contributed by atoms with E-state index in [1.54, 1.807) is 12.4 Å². The number of nitrogens with two attached hydrogens (primary N) is 1. The van der Waals surface area contributed by atoms with Crippen molar-refractivity contribution in [2.24, 2.45) is 0 Å².